The molecule has 0 spiro atoms. The van der Waals surface area contributed by atoms with Crippen molar-refractivity contribution in [2.24, 2.45) is 4.99 Å². The lowest BCUT2D eigenvalue weighted by atomic mass is 10.7. The van der Waals surface area contributed by atoms with Gasteiger partial charge in [-0.05, 0) is 12.3 Å². The van der Waals surface area contributed by atoms with Crippen molar-refractivity contribution in [3.05, 3.63) is 18.5 Å². The van der Waals surface area contributed by atoms with Gasteiger partial charge in [-0.1, -0.05) is 23.5 Å². The van der Waals surface area contributed by atoms with Gasteiger partial charge in [-0.15, -0.1) is 11.8 Å². The Morgan fingerprint density at radius 1 is 1.53 bits per heavy atom. The van der Waals surface area contributed by atoms with E-state index >= 15 is 0 Å². The van der Waals surface area contributed by atoms with Gasteiger partial charge in [0.1, 0.15) is 4.38 Å². The van der Waals surface area contributed by atoms with Crippen LogP contribution in [0.1, 0.15) is 0 Å². The first kappa shape index (κ1) is 12.4. The molecule has 1 aromatic heterocycles. The lowest BCUT2D eigenvalue weighted by Crippen LogP contribution is -1.87. The lowest BCUT2D eigenvalue weighted by Gasteiger charge is -1.99. The number of aromatic nitrogens is 2. The Balaban J connectivity index is 2.34. The molecule has 0 fully saturated rings. The molecule has 0 unspecified atom stereocenters. The first-order valence-electron chi connectivity index (χ1n) is 3.90. The molecule has 1 rings (SSSR count). The molecule has 0 aliphatic rings. The summed E-state index contributed by atoms with van der Waals surface area (Å²) >= 11 is 4.51. The van der Waals surface area contributed by atoms with Crippen LogP contribution < -0.4 is 0 Å². The number of nitriles is 1. The van der Waals surface area contributed by atoms with Crippen LogP contribution in [0, 0.1) is 11.5 Å². The molecule has 7 heteroatoms. The molecule has 0 aliphatic heterocycles. The molecule has 0 aliphatic carbocycles. The van der Waals surface area contributed by atoms with Crippen molar-refractivity contribution >= 4 is 39.7 Å². The van der Waals surface area contributed by atoms with Gasteiger partial charge in [0, 0.05) is 12.4 Å². The van der Waals surface area contributed by atoms with Crippen LogP contribution in [0.3, 0.4) is 0 Å². The summed E-state index contributed by atoms with van der Waals surface area (Å²) in [6.45, 7) is 0. The molecular formula is C8H8N4S3. The van der Waals surface area contributed by atoms with Gasteiger partial charge in [0.2, 0.25) is 6.19 Å². The zero-order chi connectivity index (χ0) is 10.9. The van der Waals surface area contributed by atoms with Crippen LogP contribution in [-0.2, 0) is 0 Å². The number of thioether (sulfide) groups is 3. The largest absolute Gasteiger partial charge is 0.231 e. The van der Waals surface area contributed by atoms with Crippen LogP contribution in [0.25, 0.3) is 0 Å². The summed E-state index contributed by atoms with van der Waals surface area (Å²) in [5.74, 6) is 0. The molecular weight excluding hydrogens is 248 g/mol. The van der Waals surface area contributed by atoms with Crippen LogP contribution in [0.5, 0.6) is 0 Å². The standard InChI is InChI=1S/C8H8N4S3/c1-13-8(12-5-9)15-6-14-7-10-3-2-4-11-7/h2-4H,6H2,1H3. The maximum Gasteiger partial charge on any atom is 0.207 e. The van der Waals surface area contributed by atoms with Crippen LogP contribution >= 0.6 is 35.3 Å². The first-order chi connectivity index (χ1) is 7.36. The van der Waals surface area contributed by atoms with E-state index in [2.05, 4.69) is 15.0 Å². The SMILES string of the molecule is CSC(=NC#N)SCSc1ncccn1. The Labute approximate surface area is 101 Å². The minimum Gasteiger partial charge on any atom is -0.231 e. The highest BCUT2D eigenvalue weighted by Crippen LogP contribution is 2.22. The van der Waals surface area contributed by atoms with Crippen LogP contribution in [-0.4, -0.2) is 25.7 Å². The number of rotatable bonds is 3. The summed E-state index contributed by atoms with van der Waals surface area (Å²) in [7, 11) is 0. The maximum absolute atomic E-state index is 8.39. The molecule has 0 atom stereocenters. The van der Waals surface area contributed by atoms with E-state index in [0.717, 1.165) is 14.6 Å². The Morgan fingerprint density at radius 2 is 2.27 bits per heavy atom. The Morgan fingerprint density at radius 3 is 2.87 bits per heavy atom. The second-order valence-corrected chi connectivity index (χ2v) is 5.45. The van der Waals surface area contributed by atoms with E-state index in [4.69, 9.17) is 5.26 Å². The van der Waals surface area contributed by atoms with E-state index in [1.165, 1.54) is 35.3 Å². The minimum absolute atomic E-state index is 0.738. The third kappa shape index (κ3) is 5.06. The fraction of sp³-hybridized carbons (Fsp3) is 0.250. The van der Waals surface area contributed by atoms with E-state index in [-0.39, 0.29) is 0 Å². The molecule has 0 amide bonds. The van der Waals surface area contributed by atoms with Gasteiger partial charge < -0.3 is 0 Å². The number of nitrogens with zero attached hydrogens (tertiary/aromatic N) is 4. The topological polar surface area (TPSA) is 61.9 Å². The summed E-state index contributed by atoms with van der Waals surface area (Å²) in [5, 5.41) is 9.88. The smallest absolute Gasteiger partial charge is 0.207 e. The quantitative estimate of drug-likeness (QED) is 0.207. The van der Waals surface area contributed by atoms with Gasteiger partial charge in [-0.3, -0.25) is 0 Å². The summed E-state index contributed by atoms with van der Waals surface area (Å²) in [5.41, 5.74) is 0. The van der Waals surface area contributed by atoms with Crippen molar-refractivity contribution in [3.8, 4) is 6.19 Å². The predicted octanol–water partition coefficient (Wildman–Crippen LogP) is 2.46. The Bertz CT molecular complexity index is 360. The Kier molecular flexibility index (Phi) is 6.23. The molecule has 4 nitrogen and oxygen atoms in total. The van der Waals surface area contributed by atoms with E-state index < -0.39 is 0 Å². The van der Waals surface area contributed by atoms with E-state index in [9.17, 15) is 0 Å². The van der Waals surface area contributed by atoms with Crippen molar-refractivity contribution in [2.75, 3.05) is 11.3 Å². The van der Waals surface area contributed by atoms with Crippen molar-refractivity contribution in [3.63, 3.8) is 0 Å². The molecule has 78 valence electrons. The Hall–Kier alpha value is -0.710. The van der Waals surface area contributed by atoms with Crippen molar-refractivity contribution in [2.45, 2.75) is 5.16 Å². The van der Waals surface area contributed by atoms with Crippen molar-refractivity contribution in [1.29, 1.82) is 5.26 Å². The highest BCUT2D eigenvalue weighted by atomic mass is 32.2. The summed E-state index contributed by atoms with van der Waals surface area (Å²) in [4.78, 5) is 11.8. The number of hydrogen-bond donors (Lipinski definition) is 0. The zero-order valence-electron chi connectivity index (χ0n) is 7.95. The van der Waals surface area contributed by atoms with Crippen molar-refractivity contribution in [1.82, 2.24) is 9.97 Å². The minimum atomic E-state index is 0.738. The molecule has 15 heavy (non-hydrogen) atoms. The average molecular weight is 256 g/mol. The summed E-state index contributed by atoms with van der Waals surface area (Å²) in [6, 6.07) is 1.78. The van der Waals surface area contributed by atoms with Gasteiger partial charge >= 0.3 is 0 Å². The summed E-state index contributed by atoms with van der Waals surface area (Å²) in [6.07, 6.45) is 7.08. The van der Waals surface area contributed by atoms with E-state index in [1.807, 2.05) is 6.26 Å². The molecule has 0 bridgehead atoms. The third-order valence-corrected chi connectivity index (χ3v) is 4.27. The monoisotopic (exact) mass is 256 g/mol. The highest BCUT2D eigenvalue weighted by molar-refractivity contribution is 8.41. The fourth-order valence-corrected chi connectivity index (χ4v) is 3.14. The van der Waals surface area contributed by atoms with Gasteiger partial charge in [0.25, 0.3) is 0 Å². The second-order valence-electron chi connectivity index (χ2n) is 2.12. The molecule has 0 N–H and O–H groups in total. The molecule has 0 saturated carbocycles. The molecule has 0 saturated heterocycles. The van der Waals surface area contributed by atoms with Crippen LogP contribution in [0.15, 0.2) is 28.6 Å². The predicted molar refractivity (Wildman–Crippen MR) is 66.9 cm³/mol. The molecule has 0 radical (unpaired) electrons. The number of aliphatic imine (C=N–C) groups is 1. The third-order valence-electron chi connectivity index (χ3n) is 1.23. The fourth-order valence-electron chi connectivity index (χ4n) is 0.670. The van der Waals surface area contributed by atoms with E-state index in [1.54, 1.807) is 24.7 Å². The lowest BCUT2D eigenvalue weighted by molar-refractivity contribution is 0.970. The zero-order valence-corrected chi connectivity index (χ0v) is 10.4. The maximum atomic E-state index is 8.39. The van der Waals surface area contributed by atoms with Gasteiger partial charge in [0.05, 0.1) is 5.08 Å². The molecule has 0 aromatic carbocycles. The summed E-state index contributed by atoms with van der Waals surface area (Å²) < 4.78 is 0.765. The van der Waals surface area contributed by atoms with Crippen molar-refractivity contribution < 1.29 is 0 Å². The average Bonchev–Trinajstić information content (AvgIpc) is 2.29. The van der Waals surface area contributed by atoms with Gasteiger partial charge in [-0.2, -0.15) is 10.3 Å². The number of hydrogen-bond acceptors (Lipinski definition) is 7. The molecule has 1 heterocycles. The van der Waals surface area contributed by atoms with Gasteiger partial charge in [-0.25, -0.2) is 9.97 Å². The normalized spacial score (nSPS) is 11.1. The van der Waals surface area contributed by atoms with Crippen LogP contribution in [0.2, 0.25) is 0 Å². The molecule has 1 aromatic rings. The van der Waals surface area contributed by atoms with Crippen LogP contribution in [0.4, 0.5) is 0 Å². The highest BCUT2D eigenvalue weighted by Gasteiger charge is 2.00. The second kappa shape index (κ2) is 7.56. The van der Waals surface area contributed by atoms with Gasteiger partial charge in [0.15, 0.2) is 5.16 Å². The first-order valence-corrected chi connectivity index (χ1v) is 7.10. The van der Waals surface area contributed by atoms with E-state index in [0.29, 0.717) is 0 Å².